The fourth-order valence-electron chi connectivity index (χ4n) is 3.31. The first kappa shape index (κ1) is 18.0. The molecule has 0 aromatic heterocycles. The van der Waals surface area contributed by atoms with E-state index >= 15 is 0 Å². The number of unbranched alkanes of at least 4 members (excludes halogenated alkanes) is 5. The van der Waals surface area contributed by atoms with Crippen molar-refractivity contribution in [2.24, 2.45) is 5.41 Å². The van der Waals surface area contributed by atoms with Gasteiger partial charge in [-0.25, -0.2) is 0 Å². The summed E-state index contributed by atoms with van der Waals surface area (Å²) in [5.74, 6) is 0. The highest BCUT2D eigenvalue weighted by atomic mass is 14.3. The largest absolute Gasteiger partial charge is 0.0654 e. The molecule has 0 fully saturated rings. The Labute approximate surface area is 117 Å². The van der Waals surface area contributed by atoms with Gasteiger partial charge in [0.15, 0.2) is 0 Å². The SMILES string of the molecule is CCCCCCC(CCC)(CCCC)CCCC. The third-order valence-electron chi connectivity index (χ3n) is 4.46. The van der Waals surface area contributed by atoms with Crippen LogP contribution in [0.4, 0.5) is 0 Å². The summed E-state index contributed by atoms with van der Waals surface area (Å²) >= 11 is 0. The molecule has 0 nitrogen and oxygen atoms in total. The molecule has 0 heteroatoms. The Morgan fingerprint density at radius 3 is 1.39 bits per heavy atom. The third kappa shape index (κ3) is 8.16. The molecule has 0 bridgehead atoms. The lowest BCUT2D eigenvalue weighted by atomic mass is 9.71. The zero-order chi connectivity index (χ0) is 13.7. The summed E-state index contributed by atoms with van der Waals surface area (Å²) < 4.78 is 0. The molecule has 18 heavy (non-hydrogen) atoms. The van der Waals surface area contributed by atoms with Gasteiger partial charge in [0.25, 0.3) is 0 Å². The summed E-state index contributed by atoms with van der Waals surface area (Å²) in [5.41, 5.74) is 0.703. The van der Waals surface area contributed by atoms with Crippen LogP contribution in [-0.4, -0.2) is 0 Å². The predicted molar refractivity (Wildman–Crippen MR) is 85.2 cm³/mol. The second kappa shape index (κ2) is 12.1. The molecule has 0 saturated carbocycles. The van der Waals surface area contributed by atoms with Crippen molar-refractivity contribution in [2.75, 3.05) is 0 Å². The van der Waals surface area contributed by atoms with E-state index in [1.807, 2.05) is 0 Å². The van der Waals surface area contributed by atoms with Crippen molar-refractivity contribution >= 4 is 0 Å². The van der Waals surface area contributed by atoms with Crippen molar-refractivity contribution in [3.05, 3.63) is 0 Å². The van der Waals surface area contributed by atoms with Crippen LogP contribution in [0.3, 0.4) is 0 Å². The molecule has 0 spiro atoms. The van der Waals surface area contributed by atoms with E-state index in [-0.39, 0.29) is 0 Å². The van der Waals surface area contributed by atoms with E-state index in [2.05, 4.69) is 27.7 Å². The molecule has 0 unspecified atom stereocenters. The smallest absolute Gasteiger partial charge is 0.0298 e. The Bertz CT molecular complexity index is 151. The molecule has 0 saturated heterocycles. The molecular weight excluding hydrogens is 216 g/mol. The summed E-state index contributed by atoms with van der Waals surface area (Å²) in [6.45, 7) is 9.37. The maximum atomic E-state index is 2.37. The molecule has 0 aromatic rings. The second-order valence-electron chi connectivity index (χ2n) is 6.27. The van der Waals surface area contributed by atoms with Gasteiger partial charge in [-0.2, -0.15) is 0 Å². The number of hydrogen-bond donors (Lipinski definition) is 0. The van der Waals surface area contributed by atoms with Crippen LogP contribution in [0, 0.1) is 5.41 Å². The molecule has 0 aromatic carbocycles. The molecule has 0 rings (SSSR count). The van der Waals surface area contributed by atoms with Crippen molar-refractivity contribution < 1.29 is 0 Å². The molecule has 0 aliphatic rings. The Hall–Kier alpha value is 0. The summed E-state index contributed by atoms with van der Waals surface area (Å²) in [5, 5.41) is 0. The van der Waals surface area contributed by atoms with Gasteiger partial charge in [0.05, 0.1) is 0 Å². The molecule has 0 aliphatic carbocycles. The minimum absolute atomic E-state index is 0.703. The molecule has 0 aliphatic heterocycles. The van der Waals surface area contributed by atoms with Crippen molar-refractivity contribution in [2.45, 2.75) is 111 Å². The molecule has 0 heterocycles. The Kier molecular flexibility index (Phi) is 12.1. The first-order valence-electron chi connectivity index (χ1n) is 8.74. The van der Waals surface area contributed by atoms with Crippen LogP contribution in [0.1, 0.15) is 111 Å². The van der Waals surface area contributed by atoms with Crippen LogP contribution >= 0.6 is 0 Å². The summed E-state index contributed by atoms with van der Waals surface area (Å²) in [7, 11) is 0. The van der Waals surface area contributed by atoms with Crippen LogP contribution in [0.15, 0.2) is 0 Å². The van der Waals surface area contributed by atoms with Gasteiger partial charge in [-0.1, -0.05) is 85.5 Å². The molecular formula is C18H38. The van der Waals surface area contributed by atoms with Crippen LogP contribution in [-0.2, 0) is 0 Å². The molecule has 110 valence electrons. The zero-order valence-corrected chi connectivity index (χ0v) is 13.7. The monoisotopic (exact) mass is 254 g/mol. The standard InChI is InChI=1S/C18H38/c1-5-9-12-13-17-18(14-8-4,15-10-6-2)16-11-7-3/h5-17H2,1-4H3. The van der Waals surface area contributed by atoms with Crippen molar-refractivity contribution in [1.82, 2.24) is 0 Å². The third-order valence-corrected chi connectivity index (χ3v) is 4.46. The predicted octanol–water partition coefficient (Wildman–Crippen LogP) is 7.12. The summed E-state index contributed by atoms with van der Waals surface area (Å²) in [6.07, 6.45) is 18.7. The summed E-state index contributed by atoms with van der Waals surface area (Å²) in [4.78, 5) is 0. The van der Waals surface area contributed by atoms with Gasteiger partial charge in [-0.05, 0) is 31.1 Å². The van der Waals surface area contributed by atoms with E-state index in [4.69, 9.17) is 0 Å². The van der Waals surface area contributed by atoms with E-state index in [9.17, 15) is 0 Å². The van der Waals surface area contributed by atoms with E-state index < -0.39 is 0 Å². The lowest BCUT2D eigenvalue weighted by Gasteiger charge is -2.34. The van der Waals surface area contributed by atoms with Crippen LogP contribution in [0.5, 0.6) is 0 Å². The Morgan fingerprint density at radius 2 is 0.944 bits per heavy atom. The highest BCUT2D eigenvalue weighted by Crippen LogP contribution is 2.41. The van der Waals surface area contributed by atoms with Crippen LogP contribution < -0.4 is 0 Å². The van der Waals surface area contributed by atoms with Crippen LogP contribution in [0.2, 0.25) is 0 Å². The van der Waals surface area contributed by atoms with Crippen molar-refractivity contribution in [1.29, 1.82) is 0 Å². The fourth-order valence-corrected chi connectivity index (χ4v) is 3.31. The summed E-state index contributed by atoms with van der Waals surface area (Å²) in [6, 6.07) is 0. The van der Waals surface area contributed by atoms with E-state index in [1.165, 1.54) is 83.5 Å². The fraction of sp³-hybridized carbons (Fsp3) is 1.00. The lowest BCUT2D eigenvalue weighted by Crippen LogP contribution is -2.21. The van der Waals surface area contributed by atoms with Gasteiger partial charge in [-0.15, -0.1) is 0 Å². The van der Waals surface area contributed by atoms with E-state index in [0.717, 1.165) is 0 Å². The van der Waals surface area contributed by atoms with Gasteiger partial charge in [0.1, 0.15) is 0 Å². The highest BCUT2D eigenvalue weighted by molar-refractivity contribution is 4.79. The van der Waals surface area contributed by atoms with Gasteiger partial charge in [0.2, 0.25) is 0 Å². The van der Waals surface area contributed by atoms with Crippen molar-refractivity contribution in [3.8, 4) is 0 Å². The number of rotatable bonds is 13. The maximum Gasteiger partial charge on any atom is -0.0298 e. The quantitative estimate of drug-likeness (QED) is 0.307. The minimum Gasteiger partial charge on any atom is -0.0654 e. The highest BCUT2D eigenvalue weighted by Gasteiger charge is 2.27. The zero-order valence-electron chi connectivity index (χ0n) is 13.7. The average Bonchev–Trinajstić information content (AvgIpc) is 2.39. The van der Waals surface area contributed by atoms with Gasteiger partial charge >= 0.3 is 0 Å². The average molecular weight is 255 g/mol. The van der Waals surface area contributed by atoms with Crippen LogP contribution in [0.25, 0.3) is 0 Å². The maximum absolute atomic E-state index is 2.37. The first-order valence-corrected chi connectivity index (χ1v) is 8.74. The minimum atomic E-state index is 0.703. The molecule has 0 radical (unpaired) electrons. The van der Waals surface area contributed by atoms with Gasteiger partial charge in [0, 0.05) is 0 Å². The molecule has 0 atom stereocenters. The van der Waals surface area contributed by atoms with E-state index in [1.54, 1.807) is 0 Å². The second-order valence-corrected chi connectivity index (χ2v) is 6.27. The topological polar surface area (TPSA) is 0 Å². The molecule has 0 N–H and O–H groups in total. The van der Waals surface area contributed by atoms with Gasteiger partial charge in [-0.3, -0.25) is 0 Å². The number of hydrogen-bond acceptors (Lipinski definition) is 0. The first-order chi connectivity index (χ1) is 8.74. The lowest BCUT2D eigenvalue weighted by molar-refractivity contribution is 0.179. The van der Waals surface area contributed by atoms with E-state index in [0.29, 0.717) is 5.41 Å². The Morgan fingerprint density at radius 1 is 0.444 bits per heavy atom. The Balaban J connectivity index is 4.29. The molecule has 0 amide bonds. The van der Waals surface area contributed by atoms with Gasteiger partial charge < -0.3 is 0 Å². The van der Waals surface area contributed by atoms with Crippen molar-refractivity contribution in [3.63, 3.8) is 0 Å². The normalized spacial score (nSPS) is 12.0.